The van der Waals surface area contributed by atoms with Gasteiger partial charge in [0, 0.05) is 16.9 Å². The zero-order valence-electron chi connectivity index (χ0n) is 16.7. The number of carboxylic acid groups (broad SMARTS) is 1. The number of nitrogens with zero attached hydrogens (tertiary/aromatic N) is 2. The zero-order chi connectivity index (χ0) is 21.5. The first kappa shape index (κ1) is 22.5. The average Bonchev–Trinajstić information content (AvgIpc) is 2.76. The van der Waals surface area contributed by atoms with Crippen molar-refractivity contribution in [3.8, 4) is 0 Å². The Bertz CT molecular complexity index is 782. The highest BCUT2D eigenvalue weighted by molar-refractivity contribution is 8.02. The number of rotatable bonds is 10. The Kier molecular flexibility index (Phi) is 8.08. The van der Waals surface area contributed by atoms with Gasteiger partial charge < -0.3 is 20.0 Å². The third kappa shape index (κ3) is 5.12. The summed E-state index contributed by atoms with van der Waals surface area (Å²) in [5.74, 6) is -0.660. The van der Waals surface area contributed by atoms with Crippen molar-refractivity contribution < 1.29 is 29.1 Å². The van der Waals surface area contributed by atoms with Crippen molar-refractivity contribution in [1.29, 1.82) is 0 Å². The maximum Gasteiger partial charge on any atom is 0.352 e. The number of carbonyl (C=O) groups is 3. The molecule has 1 saturated heterocycles. The van der Waals surface area contributed by atoms with Gasteiger partial charge in [0.25, 0.3) is 11.8 Å². The Hall–Kier alpha value is -2.14. The van der Waals surface area contributed by atoms with Gasteiger partial charge in [-0.1, -0.05) is 24.9 Å². The quantitative estimate of drug-likeness (QED) is 0.222. The van der Waals surface area contributed by atoms with Crippen molar-refractivity contribution in [1.82, 2.24) is 10.2 Å². The van der Waals surface area contributed by atoms with Gasteiger partial charge in [-0.2, -0.15) is 0 Å². The van der Waals surface area contributed by atoms with Crippen LogP contribution < -0.4 is 5.32 Å². The highest BCUT2D eigenvalue weighted by Gasteiger charge is 2.53. The summed E-state index contributed by atoms with van der Waals surface area (Å²) in [5, 5.41) is 17.2. The lowest BCUT2D eigenvalue weighted by molar-refractivity contribution is -0.150. The second kappa shape index (κ2) is 10.8. The van der Waals surface area contributed by atoms with Gasteiger partial charge >= 0.3 is 5.97 Å². The number of unbranched alkanes of at least 4 members (excludes halogenated alkanes) is 3. The van der Waals surface area contributed by atoms with E-state index in [0.717, 1.165) is 31.4 Å². The van der Waals surface area contributed by atoms with Gasteiger partial charge in [0.15, 0.2) is 5.76 Å². The van der Waals surface area contributed by atoms with Crippen molar-refractivity contribution in [2.75, 3.05) is 24.7 Å². The lowest BCUT2D eigenvalue weighted by Gasteiger charge is -2.48. The summed E-state index contributed by atoms with van der Waals surface area (Å²) in [4.78, 5) is 43.2. The molecule has 0 aromatic rings. The molecule has 2 amide bonds. The lowest BCUT2D eigenvalue weighted by atomic mass is 10.0. The molecule has 3 aliphatic heterocycles. The maximum atomic E-state index is 12.9. The van der Waals surface area contributed by atoms with Crippen LogP contribution in [0.1, 0.15) is 32.6 Å². The smallest absolute Gasteiger partial charge is 0.352 e. The fraction of sp³-hybridized carbons (Fsp3) is 0.579. The Labute approximate surface area is 183 Å². The normalized spacial score (nSPS) is 23.4. The van der Waals surface area contributed by atoms with Crippen LogP contribution in [0, 0.1) is 0 Å². The molecule has 2 N–H and O–H groups in total. The SMILES string of the molecule is CCCCCCON=C(C(=O)NC1C(=O)N2C(C(=O)O)=CCS[C@H]12)C1=CSCCO1. The molecular weight excluding hydrogens is 430 g/mol. The van der Waals surface area contributed by atoms with Crippen LogP contribution in [-0.4, -0.2) is 69.6 Å². The van der Waals surface area contributed by atoms with E-state index in [2.05, 4.69) is 17.4 Å². The van der Waals surface area contributed by atoms with E-state index in [1.807, 2.05) is 0 Å². The van der Waals surface area contributed by atoms with E-state index in [1.54, 1.807) is 5.41 Å². The maximum absolute atomic E-state index is 12.9. The zero-order valence-corrected chi connectivity index (χ0v) is 18.3. The number of hydrogen-bond acceptors (Lipinski definition) is 8. The summed E-state index contributed by atoms with van der Waals surface area (Å²) in [6.45, 7) is 2.95. The molecule has 0 saturated carbocycles. The fourth-order valence-electron chi connectivity index (χ4n) is 3.14. The fourth-order valence-corrected chi connectivity index (χ4v) is 4.97. The van der Waals surface area contributed by atoms with Gasteiger partial charge in [0.05, 0.1) is 6.61 Å². The van der Waals surface area contributed by atoms with E-state index in [-0.39, 0.29) is 11.4 Å². The van der Waals surface area contributed by atoms with Crippen molar-refractivity contribution in [2.45, 2.75) is 44.0 Å². The molecule has 0 spiro atoms. The Morgan fingerprint density at radius 3 is 2.93 bits per heavy atom. The van der Waals surface area contributed by atoms with Crippen molar-refractivity contribution in [3.63, 3.8) is 0 Å². The number of thioether (sulfide) groups is 2. The summed E-state index contributed by atoms with van der Waals surface area (Å²) in [6.07, 6.45) is 5.57. The number of oxime groups is 1. The molecule has 3 heterocycles. The van der Waals surface area contributed by atoms with Gasteiger partial charge in [0.1, 0.15) is 23.7 Å². The lowest BCUT2D eigenvalue weighted by Crippen LogP contribution is -2.70. The first-order chi connectivity index (χ1) is 14.5. The molecule has 3 rings (SSSR count). The first-order valence-corrected chi connectivity index (χ1v) is 12.0. The molecule has 0 aliphatic carbocycles. The van der Waals surface area contributed by atoms with Crippen LogP contribution in [0.4, 0.5) is 0 Å². The van der Waals surface area contributed by atoms with Crippen LogP contribution in [0.5, 0.6) is 0 Å². The number of β-lactam (4-membered cyclic amide) rings is 1. The number of amides is 2. The molecule has 1 fully saturated rings. The molecule has 0 aromatic heterocycles. The topological polar surface area (TPSA) is 118 Å². The van der Waals surface area contributed by atoms with E-state index >= 15 is 0 Å². The number of aliphatic carboxylic acids is 1. The number of carboxylic acids is 1. The summed E-state index contributed by atoms with van der Waals surface area (Å²) in [6, 6.07) is -0.822. The Balaban J connectivity index is 1.65. The summed E-state index contributed by atoms with van der Waals surface area (Å²) >= 11 is 2.90. The Morgan fingerprint density at radius 2 is 2.23 bits per heavy atom. The third-order valence-electron chi connectivity index (χ3n) is 4.69. The number of nitrogens with one attached hydrogen (secondary N) is 1. The van der Waals surface area contributed by atoms with Crippen molar-refractivity contribution in [3.05, 3.63) is 22.9 Å². The number of carbonyl (C=O) groups excluding carboxylic acids is 2. The van der Waals surface area contributed by atoms with E-state index in [9.17, 15) is 19.5 Å². The predicted molar refractivity (Wildman–Crippen MR) is 115 cm³/mol. The van der Waals surface area contributed by atoms with E-state index in [1.165, 1.54) is 34.5 Å². The summed E-state index contributed by atoms with van der Waals surface area (Å²) in [7, 11) is 0. The highest BCUT2D eigenvalue weighted by Crippen LogP contribution is 2.37. The molecule has 30 heavy (non-hydrogen) atoms. The Morgan fingerprint density at radius 1 is 1.40 bits per heavy atom. The van der Waals surface area contributed by atoms with Crippen LogP contribution in [0.3, 0.4) is 0 Å². The van der Waals surface area contributed by atoms with Crippen LogP contribution in [0.25, 0.3) is 0 Å². The van der Waals surface area contributed by atoms with Crippen LogP contribution in [-0.2, 0) is 24.0 Å². The van der Waals surface area contributed by atoms with Gasteiger partial charge in [-0.25, -0.2) is 4.79 Å². The minimum atomic E-state index is -1.16. The molecule has 0 radical (unpaired) electrons. The minimum absolute atomic E-state index is 0.0150. The summed E-state index contributed by atoms with van der Waals surface area (Å²) in [5.41, 5.74) is -0.0629. The van der Waals surface area contributed by atoms with Crippen LogP contribution in [0.15, 0.2) is 28.1 Å². The molecule has 0 aromatic carbocycles. The molecule has 164 valence electrons. The largest absolute Gasteiger partial charge is 0.490 e. The first-order valence-electron chi connectivity index (χ1n) is 9.88. The van der Waals surface area contributed by atoms with Crippen LogP contribution in [0.2, 0.25) is 0 Å². The molecule has 0 bridgehead atoms. The third-order valence-corrected chi connectivity index (χ3v) is 6.66. The number of hydrogen-bond donors (Lipinski definition) is 2. The molecule has 2 atom stereocenters. The molecular formula is C19H25N3O6S2. The standard InChI is InChI=1S/C19H25N3O6S2/c1-2-3-4-5-7-28-21-14(13-11-29-10-8-27-13)16(23)20-15-17(24)22-12(19(25)26)6-9-30-18(15)22/h6,11,15,18H,2-5,7-10H2,1H3,(H,20,23)(H,25,26)/t15?,18-/m1/s1. The van der Waals surface area contributed by atoms with Crippen molar-refractivity contribution in [2.24, 2.45) is 5.16 Å². The van der Waals surface area contributed by atoms with Gasteiger partial charge in [-0.3, -0.25) is 14.5 Å². The van der Waals surface area contributed by atoms with Gasteiger partial charge in [-0.15, -0.1) is 23.5 Å². The minimum Gasteiger partial charge on any atom is -0.490 e. The molecule has 9 nitrogen and oxygen atoms in total. The molecule has 11 heteroatoms. The number of fused-ring (bicyclic) bond motifs is 1. The molecule has 1 unspecified atom stereocenters. The average molecular weight is 456 g/mol. The monoisotopic (exact) mass is 455 g/mol. The van der Waals surface area contributed by atoms with E-state index < -0.39 is 29.2 Å². The molecule has 3 aliphatic rings. The highest BCUT2D eigenvalue weighted by atomic mass is 32.2. The van der Waals surface area contributed by atoms with Crippen LogP contribution >= 0.6 is 23.5 Å². The number of ether oxygens (including phenoxy) is 1. The predicted octanol–water partition coefficient (Wildman–Crippen LogP) is 1.91. The van der Waals surface area contributed by atoms with E-state index in [0.29, 0.717) is 24.7 Å². The second-order valence-electron chi connectivity index (χ2n) is 6.81. The van der Waals surface area contributed by atoms with Crippen molar-refractivity contribution >= 4 is 47.0 Å². The van der Waals surface area contributed by atoms with Gasteiger partial charge in [0.2, 0.25) is 5.71 Å². The van der Waals surface area contributed by atoms with E-state index in [4.69, 9.17) is 9.57 Å². The van der Waals surface area contributed by atoms with Gasteiger partial charge in [-0.05, 0) is 18.9 Å². The summed E-state index contributed by atoms with van der Waals surface area (Å²) < 4.78 is 5.55. The second-order valence-corrected chi connectivity index (χ2v) is 8.94.